The molecule has 1 aromatic rings. The molecule has 1 aromatic heterocycles. The van der Waals surface area contributed by atoms with Crippen LogP contribution in [0, 0.1) is 0 Å². The first-order chi connectivity index (χ1) is 9.19. The first kappa shape index (κ1) is 14.1. The number of hydrogen-bond donors (Lipinski definition) is 2. The van der Waals surface area contributed by atoms with Crippen LogP contribution in [0.3, 0.4) is 0 Å². The quantitative estimate of drug-likeness (QED) is 0.824. The largest absolute Gasteiger partial charge is 0.368 e. The minimum absolute atomic E-state index is 0.383. The normalized spacial score (nSPS) is 19.9. The molecule has 0 amide bonds. The van der Waals surface area contributed by atoms with E-state index in [2.05, 4.69) is 46.3 Å². The van der Waals surface area contributed by atoms with Gasteiger partial charge in [0.1, 0.15) is 18.0 Å². The molecule has 0 aliphatic carbocycles. The summed E-state index contributed by atoms with van der Waals surface area (Å²) in [5, 5.41) is 6.72. The van der Waals surface area contributed by atoms with E-state index in [1.54, 1.807) is 6.33 Å². The van der Waals surface area contributed by atoms with E-state index >= 15 is 0 Å². The van der Waals surface area contributed by atoms with Crippen LogP contribution in [0.1, 0.15) is 33.6 Å². The van der Waals surface area contributed by atoms with Crippen LogP contribution in [-0.4, -0.2) is 46.6 Å². The van der Waals surface area contributed by atoms with Crippen LogP contribution in [0.2, 0.25) is 0 Å². The predicted octanol–water partition coefficient (Wildman–Crippen LogP) is 2.19. The summed E-state index contributed by atoms with van der Waals surface area (Å²) in [4.78, 5) is 11.0. The molecule has 0 aromatic carbocycles. The van der Waals surface area contributed by atoms with Crippen molar-refractivity contribution in [1.82, 2.24) is 14.9 Å². The monoisotopic (exact) mass is 263 g/mol. The Kier molecular flexibility index (Phi) is 4.96. The van der Waals surface area contributed by atoms with Gasteiger partial charge in [-0.15, -0.1) is 0 Å². The maximum Gasteiger partial charge on any atom is 0.131 e. The van der Waals surface area contributed by atoms with Gasteiger partial charge in [-0.05, 0) is 39.8 Å². The highest BCUT2D eigenvalue weighted by Gasteiger charge is 2.22. The molecule has 2 N–H and O–H groups in total. The third-order valence-corrected chi connectivity index (χ3v) is 3.53. The number of rotatable bonds is 6. The summed E-state index contributed by atoms with van der Waals surface area (Å²) >= 11 is 0. The number of nitrogens with zero attached hydrogens (tertiary/aromatic N) is 3. The second-order valence-electron chi connectivity index (χ2n) is 5.39. The van der Waals surface area contributed by atoms with Gasteiger partial charge in [0, 0.05) is 24.7 Å². The molecular formula is C14H25N5. The van der Waals surface area contributed by atoms with Gasteiger partial charge in [0.25, 0.3) is 0 Å². The lowest BCUT2D eigenvalue weighted by molar-refractivity contribution is 0.277. The molecular weight excluding hydrogens is 238 g/mol. The third kappa shape index (κ3) is 4.06. The molecule has 106 valence electrons. The maximum atomic E-state index is 4.28. The van der Waals surface area contributed by atoms with Crippen LogP contribution in [0.25, 0.3) is 0 Å². The molecule has 1 aliphatic rings. The fourth-order valence-electron chi connectivity index (χ4n) is 2.59. The summed E-state index contributed by atoms with van der Waals surface area (Å²) in [5.41, 5.74) is 0. The number of anilines is 2. The van der Waals surface area contributed by atoms with Crippen molar-refractivity contribution in [2.75, 3.05) is 30.3 Å². The van der Waals surface area contributed by atoms with E-state index in [0.717, 1.165) is 24.7 Å². The first-order valence-corrected chi connectivity index (χ1v) is 7.25. The molecule has 5 heteroatoms. The van der Waals surface area contributed by atoms with E-state index in [0.29, 0.717) is 12.1 Å². The molecule has 19 heavy (non-hydrogen) atoms. The zero-order valence-corrected chi connectivity index (χ0v) is 12.2. The summed E-state index contributed by atoms with van der Waals surface area (Å²) < 4.78 is 0. The van der Waals surface area contributed by atoms with Crippen LogP contribution >= 0.6 is 0 Å². The Morgan fingerprint density at radius 3 is 2.89 bits per heavy atom. The molecule has 0 radical (unpaired) electrons. The number of likely N-dealkylation sites (tertiary alicyclic amines) is 1. The molecule has 5 nitrogen and oxygen atoms in total. The minimum atomic E-state index is 0.383. The summed E-state index contributed by atoms with van der Waals surface area (Å²) in [6.07, 6.45) is 4.20. The Balaban J connectivity index is 1.88. The molecule has 0 saturated carbocycles. The lowest BCUT2D eigenvalue weighted by Gasteiger charge is -2.23. The van der Waals surface area contributed by atoms with Crippen molar-refractivity contribution in [3.8, 4) is 0 Å². The molecule has 1 unspecified atom stereocenters. The van der Waals surface area contributed by atoms with Crippen molar-refractivity contribution in [3.63, 3.8) is 0 Å². The highest BCUT2D eigenvalue weighted by Crippen LogP contribution is 2.17. The van der Waals surface area contributed by atoms with Crippen molar-refractivity contribution in [1.29, 1.82) is 0 Å². The molecule has 1 fully saturated rings. The summed E-state index contributed by atoms with van der Waals surface area (Å²) in [6, 6.07) is 3.00. The molecule has 0 spiro atoms. The Hall–Kier alpha value is -1.36. The second-order valence-corrected chi connectivity index (χ2v) is 5.39. The van der Waals surface area contributed by atoms with E-state index < -0.39 is 0 Å². The Morgan fingerprint density at radius 1 is 1.37 bits per heavy atom. The number of nitrogens with one attached hydrogen (secondary N) is 2. The first-order valence-electron chi connectivity index (χ1n) is 7.25. The van der Waals surface area contributed by atoms with Gasteiger partial charge in [0.05, 0.1) is 0 Å². The van der Waals surface area contributed by atoms with Crippen molar-refractivity contribution in [2.45, 2.75) is 45.7 Å². The van der Waals surface area contributed by atoms with Gasteiger partial charge in [-0.3, -0.25) is 4.90 Å². The Labute approximate surface area is 115 Å². The number of likely N-dealkylation sites (N-methyl/N-ethyl adjacent to an activating group) is 1. The highest BCUT2D eigenvalue weighted by molar-refractivity contribution is 5.46. The van der Waals surface area contributed by atoms with Crippen LogP contribution < -0.4 is 10.6 Å². The highest BCUT2D eigenvalue weighted by atomic mass is 15.2. The van der Waals surface area contributed by atoms with E-state index in [-0.39, 0.29) is 0 Å². The van der Waals surface area contributed by atoms with Crippen LogP contribution in [-0.2, 0) is 0 Å². The zero-order chi connectivity index (χ0) is 13.7. The average Bonchev–Trinajstić information content (AvgIpc) is 2.83. The van der Waals surface area contributed by atoms with E-state index in [1.165, 1.54) is 19.4 Å². The smallest absolute Gasteiger partial charge is 0.131 e. The lowest BCUT2D eigenvalue weighted by Crippen LogP contribution is -2.34. The second kappa shape index (κ2) is 6.70. The maximum absolute atomic E-state index is 4.28. The summed E-state index contributed by atoms with van der Waals surface area (Å²) in [5.74, 6) is 1.78. The fraction of sp³-hybridized carbons (Fsp3) is 0.714. The van der Waals surface area contributed by atoms with E-state index in [1.807, 2.05) is 6.07 Å². The molecule has 2 rings (SSSR count). The molecule has 1 aliphatic heterocycles. The Morgan fingerprint density at radius 2 is 2.16 bits per heavy atom. The molecule has 0 bridgehead atoms. The van der Waals surface area contributed by atoms with Crippen molar-refractivity contribution < 1.29 is 0 Å². The van der Waals surface area contributed by atoms with Crippen LogP contribution in [0.5, 0.6) is 0 Å². The van der Waals surface area contributed by atoms with Gasteiger partial charge < -0.3 is 10.6 Å². The topological polar surface area (TPSA) is 53.1 Å². The van der Waals surface area contributed by atoms with Crippen LogP contribution in [0.4, 0.5) is 11.6 Å². The van der Waals surface area contributed by atoms with Gasteiger partial charge in [-0.2, -0.15) is 0 Å². The molecule has 1 saturated heterocycles. The van der Waals surface area contributed by atoms with Crippen molar-refractivity contribution >= 4 is 11.6 Å². The Bertz CT molecular complexity index is 393. The van der Waals surface area contributed by atoms with Crippen molar-refractivity contribution in [3.05, 3.63) is 12.4 Å². The van der Waals surface area contributed by atoms with Crippen LogP contribution in [0.15, 0.2) is 12.4 Å². The van der Waals surface area contributed by atoms with Gasteiger partial charge in [0.15, 0.2) is 0 Å². The predicted molar refractivity (Wildman–Crippen MR) is 79.5 cm³/mol. The summed E-state index contributed by atoms with van der Waals surface area (Å²) in [6.45, 7) is 9.77. The van der Waals surface area contributed by atoms with E-state index in [9.17, 15) is 0 Å². The summed E-state index contributed by atoms with van der Waals surface area (Å²) in [7, 11) is 0. The molecule has 2 heterocycles. The van der Waals surface area contributed by atoms with Gasteiger partial charge in [-0.1, -0.05) is 6.92 Å². The molecule has 1 atom stereocenters. The van der Waals surface area contributed by atoms with Crippen molar-refractivity contribution in [2.24, 2.45) is 0 Å². The van der Waals surface area contributed by atoms with Gasteiger partial charge in [0.2, 0.25) is 0 Å². The van der Waals surface area contributed by atoms with Gasteiger partial charge in [-0.25, -0.2) is 9.97 Å². The fourth-order valence-corrected chi connectivity index (χ4v) is 2.59. The standard InChI is InChI=1S/C14H25N5/c1-4-19-7-5-6-12(19)9-15-13-8-14(17-10-16-13)18-11(2)3/h8,10-12H,4-7,9H2,1-3H3,(H2,15,16,17,18). The number of aromatic nitrogens is 2. The number of hydrogen-bond acceptors (Lipinski definition) is 5. The van der Waals surface area contributed by atoms with E-state index in [4.69, 9.17) is 0 Å². The zero-order valence-electron chi connectivity index (χ0n) is 12.2. The average molecular weight is 263 g/mol. The SMILES string of the molecule is CCN1CCCC1CNc1cc(NC(C)C)ncn1. The lowest BCUT2D eigenvalue weighted by atomic mass is 10.2. The van der Waals surface area contributed by atoms with Gasteiger partial charge >= 0.3 is 0 Å². The minimum Gasteiger partial charge on any atom is -0.368 e. The third-order valence-electron chi connectivity index (χ3n) is 3.53.